The summed E-state index contributed by atoms with van der Waals surface area (Å²) in [5.41, 5.74) is 4.35. The zero-order valence-electron chi connectivity index (χ0n) is 13.0. The normalized spacial score (nSPS) is 12.5. The van der Waals surface area contributed by atoms with Crippen molar-refractivity contribution in [3.8, 4) is 5.75 Å². The molecule has 0 unspecified atom stereocenters. The molecule has 4 nitrogen and oxygen atoms in total. The van der Waals surface area contributed by atoms with E-state index in [2.05, 4.69) is 27.0 Å². The van der Waals surface area contributed by atoms with Gasteiger partial charge in [0.2, 0.25) is 0 Å². The van der Waals surface area contributed by atoms with E-state index in [0.29, 0.717) is 15.1 Å². The molecule has 0 aliphatic carbocycles. The highest BCUT2D eigenvalue weighted by Crippen LogP contribution is 2.24. The maximum atomic E-state index is 12.8. The quantitative estimate of drug-likeness (QED) is 0.531. The Kier molecular flexibility index (Phi) is 3.47. The molecule has 0 spiro atoms. The van der Waals surface area contributed by atoms with Crippen molar-refractivity contribution in [2.75, 3.05) is 0 Å². The van der Waals surface area contributed by atoms with Crippen LogP contribution in [0.1, 0.15) is 16.7 Å². The summed E-state index contributed by atoms with van der Waals surface area (Å²) in [7, 11) is 0. The van der Waals surface area contributed by atoms with Crippen LogP contribution >= 0.6 is 27.3 Å². The molecular formula is C18H13BrN2O2S. The lowest BCUT2D eigenvalue weighted by molar-refractivity contribution is 0.474. The number of thiazole rings is 1. The van der Waals surface area contributed by atoms with Gasteiger partial charge in [-0.3, -0.25) is 4.79 Å². The fourth-order valence-corrected chi connectivity index (χ4v) is 4.24. The van der Waals surface area contributed by atoms with Gasteiger partial charge in [0.25, 0.3) is 5.56 Å². The smallest absolute Gasteiger partial charge is 0.274 e. The molecule has 0 atom stereocenters. The van der Waals surface area contributed by atoms with Gasteiger partial charge >= 0.3 is 0 Å². The van der Waals surface area contributed by atoms with Gasteiger partial charge in [-0.05, 0) is 55.3 Å². The molecule has 0 aliphatic heterocycles. The third-order valence-corrected chi connectivity index (χ3v) is 5.42. The Morgan fingerprint density at radius 1 is 1.25 bits per heavy atom. The van der Waals surface area contributed by atoms with Crippen molar-refractivity contribution in [1.29, 1.82) is 0 Å². The number of imidazole rings is 1. The third kappa shape index (κ3) is 2.34. The van der Waals surface area contributed by atoms with E-state index in [9.17, 15) is 9.90 Å². The molecule has 6 heteroatoms. The largest absolute Gasteiger partial charge is 0.507 e. The number of aromatic hydroxyl groups is 1. The Balaban J connectivity index is 2.05. The first kappa shape index (κ1) is 15.4. The van der Waals surface area contributed by atoms with Crippen molar-refractivity contribution >= 4 is 49.3 Å². The Morgan fingerprint density at radius 3 is 2.83 bits per heavy atom. The third-order valence-electron chi connectivity index (χ3n) is 3.96. The van der Waals surface area contributed by atoms with E-state index in [4.69, 9.17) is 0 Å². The van der Waals surface area contributed by atoms with E-state index in [0.717, 1.165) is 26.6 Å². The van der Waals surface area contributed by atoms with Crippen LogP contribution in [0.25, 0.3) is 22.1 Å². The predicted octanol–water partition coefficient (Wildman–Crippen LogP) is 3.54. The average molecular weight is 401 g/mol. The van der Waals surface area contributed by atoms with Crippen LogP contribution in [0.5, 0.6) is 5.75 Å². The van der Waals surface area contributed by atoms with Crippen molar-refractivity contribution < 1.29 is 5.11 Å². The lowest BCUT2D eigenvalue weighted by Crippen LogP contribution is -2.22. The average Bonchev–Trinajstić information content (AvgIpc) is 3.01. The summed E-state index contributed by atoms with van der Waals surface area (Å²) in [6, 6.07) is 9.18. The maximum absolute atomic E-state index is 12.8. The molecule has 0 radical (unpaired) electrons. The number of aryl methyl sites for hydroxylation is 2. The summed E-state index contributed by atoms with van der Waals surface area (Å²) in [5.74, 6) is 0.139. The monoisotopic (exact) mass is 400 g/mol. The van der Waals surface area contributed by atoms with Crippen molar-refractivity contribution in [2.24, 2.45) is 0 Å². The highest BCUT2D eigenvalue weighted by Gasteiger charge is 2.13. The highest BCUT2D eigenvalue weighted by atomic mass is 79.9. The lowest BCUT2D eigenvalue weighted by atomic mass is 10.1. The Morgan fingerprint density at radius 2 is 2.04 bits per heavy atom. The van der Waals surface area contributed by atoms with E-state index >= 15 is 0 Å². The molecule has 2 heterocycles. The van der Waals surface area contributed by atoms with Gasteiger partial charge in [0, 0.05) is 10.0 Å². The number of phenols is 1. The molecule has 2 aromatic carbocycles. The van der Waals surface area contributed by atoms with Gasteiger partial charge in [-0.15, -0.1) is 0 Å². The van der Waals surface area contributed by atoms with Gasteiger partial charge in [0.05, 0.1) is 15.6 Å². The number of benzene rings is 2. The number of fused-ring (bicyclic) bond motifs is 3. The van der Waals surface area contributed by atoms with Gasteiger partial charge < -0.3 is 5.11 Å². The first-order valence-electron chi connectivity index (χ1n) is 7.36. The van der Waals surface area contributed by atoms with Crippen LogP contribution in [0.4, 0.5) is 0 Å². The van der Waals surface area contributed by atoms with E-state index in [-0.39, 0.29) is 11.3 Å². The summed E-state index contributed by atoms with van der Waals surface area (Å²) in [6.07, 6.45) is 1.70. The second-order valence-corrected chi connectivity index (χ2v) is 7.72. The number of hydrogen-bond acceptors (Lipinski definition) is 4. The molecule has 0 aliphatic rings. The fourth-order valence-electron chi connectivity index (χ4n) is 2.89. The molecule has 4 aromatic rings. The molecule has 0 bridgehead atoms. The molecule has 2 aromatic heterocycles. The van der Waals surface area contributed by atoms with E-state index < -0.39 is 0 Å². The molecule has 1 N–H and O–H groups in total. The second kappa shape index (κ2) is 5.43. The van der Waals surface area contributed by atoms with Gasteiger partial charge in [0.1, 0.15) is 5.75 Å². The Bertz CT molecular complexity index is 1220. The minimum atomic E-state index is -0.109. The first-order valence-corrected chi connectivity index (χ1v) is 8.97. The number of phenolic OH excluding ortho intramolecular Hbond substituents is 1. The van der Waals surface area contributed by atoms with E-state index in [1.165, 1.54) is 11.3 Å². The SMILES string of the molecule is Cc1cc(C)c2nc3sc(=Cc4cc(Br)ccc4O)c(=O)n3c2c1. The molecule has 24 heavy (non-hydrogen) atoms. The van der Waals surface area contributed by atoms with Crippen molar-refractivity contribution in [3.63, 3.8) is 0 Å². The molecule has 0 amide bonds. The van der Waals surface area contributed by atoms with Gasteiger partial charge in [-0.2, -0.15) is 0 Å². The number of nitrogens with zero attached hydrogens (tertiary/aromatic N) is 2. The van der Waals surface area contributed by atoms with Crippen LogP contribution in [0.15, 0.2) is 39.6 Å². The molecule has 0 saturated heterocycles. The maximum Gasteiger partial charge on any atom is 0.274 e. The van der Waals surface area contributed by atoms with Gasteiger partial charge in [-0.25, -0.2) is 9.38 Å². The van der Waals surface area contributed by atoms with Crippen molar-refractivity contribution in [3.05, 3.63) is 66.4 Å². The number of hydrogen-bond donors (Lipinski definition) is 1. The van der Waals surface area contributed by atoms with Gasteiger partial charge in [0.15, 0.2) is 4.96 Å². The molecule has 4 rings (SSSR count). The summed E-state index contributed by atoms with van der Waals surface area (Å²) in [4.78, 5) is 18.1. The zero-order chi connectivity index (χ0) is 17.0. The van der Waals surface area contributed by atoms with Crippen LogP contribution in [-0.2, 0) is 0 Å². The van der Waals surface area contributed by atoms with Crippen LogP contribution in [0.3, 0.4) is 0 Å². The van der Waals surface area contributed by atoms with E-state index in [1.54, 1.807) is 28.7 Å². The van der Waals surface area contributed by atoms with Crippen LogP contribution in [0.2, 0.25) is 0 Å². The van der Waals surface area contributed by atoms with Gasteiger partial charge in [-0.1, -0.05) is 33.3 Å². The molecule has 0 saturated carbocycles. The van der Waals surface area contributed by atoms with E-state index in [1.807, 2.05) is 19.9 Å². The number of halogens is 1. The number of rotatable bonds is 1. The minimum absolute atomic E-state index is 0.109. The highest BCUT2D eigenvalue weighted by molar-refractivity contribution is 9.10. The molecular weight excluding hydrogens is 388 g/mol. The van der Waals surface area contributed by atoms with Crippen LogP contribution < -0.4 is 10.1 Å². The van der Waals surface area contributed by atoms with Crippen molar-refractivity contribution in [1.82, 2.24) is 9.38 Å². The summed E-state index contributed by atoms with van der Waals surface area (Å²) in [6.45, 7) is 4.01. The zero-order valence-corrected chi connectivity index (χ0v) is 15.4. The molecule has 0 fully saturated rings. The molecule has 120 valence electrons. The Hall–Kier alpha value is -2.18. The first-order chi connectivity index (χ1) is 11.4. The topological polar surface area (TPSA) is 54.6 Å². The second-order valence-electron chi connectivity index (χ2n) is 5.80. The summed E-state index contributed by atoms with van der Waals surface area (Å²) >= 11 is 4.71. The standard InChI is InChI=1S/C18H13BrN2O2S/c1-9-5-10(2)16-13(6-9)21-17(23)15(24-18(21)20-16)8-11-7-12(19)3-4-14(11)22/h3-8,22H,1-2H3. The fraction of sp³-hybridized carbons (Fsp3) is 0.111. The van der Waals surface area contributed by atoms with Crippen LogP contribution in [-0.4, -0.2) is 14.5 Å². The van der Waals surface area contributed by atoms with Crippen molar-refractivity contribution in [2.45, 2.75) is 13.8 Å². The lowest BCUT2D eigenvalue weighted by Gasteiger charge is -1.98. The Labute approximate surface area is 149 Å². The van der Waals surface area contributed by atoms with Crippen LogP contribution in [0, 0.1) is 13.8 Å². The summed E-state index contributed by atoms with van der Waals surface area (Å²) in [5, 5.41) is 9.99. The summed E-state index contributed by atoms with van der Waals surface area (Å²) < 4.78 is 3.05. The number of aromatic nitrogens is 2. The minimum Gasteiger partial charge on any atom is -0.507 e. The predicted molar refractivity (Wildman–Crippen MR) is 101 cm³/mol.